The maximum atomic E-state index is 10.1. The maximum absolute atomic E-state index is 10.1. The van der Waals surface area contributed by atoms with Crippen LogP contribution in [0.4, 0.5) is 0 Å². The molecule has 96 valence electrons. The van der Waals surface area contributed by atoms with Gasteiger partial charge < -0.3 is 15.9 Å². The summed E-state index contributed by atoms with van der Waals surface area (Å²) >= 11 is 0. The molecule has 0 saturated carbocycles. The second-order valence-corrected chi connectivity index (χ2v) is 5.79. The van der Waals surface area contributed by atoms with E-state index in [1.807, 2.05) is 33.8 Å². The normalized spacial score (nSPS) is 15.6. The van der Waals surface area contributed by atoms with E-state index in [-0.39, 0.29) is 17.2 Å². The maximum Gasteiger partial charge on any atom is 0.121 e. The molecule has 2 atom stereocenters. The van der Waals surface area contributed by atoms with Crippen molar-refractivity contribution in [1.29, 1.82) is 0 Å². The lowest BCUT2D eigenvalue weighted by molar-refractivity contribution is 0.130. The zero-order valence-electron chi connectivity index (χ0n) is 11.1. The Morgan fingerprint density at radius 2 is 1.88 bits per heavy atom. The SMILES string of the molecule is Cc1ccc(O)c([C@H](O)C[C@H](N)C(C)(C)C)c1. The smallest absolute Gasteiger partial charge is 0.121 e. The number of aliphatic hydroxyl groups excluding tert-OH is 1. The molecule has 0 heterocycles. The van der Waals surface area contributed by atoms with Crippen LogP contribution in [0.5, 0.6) is 5.75 Å². The van der Waals surface area contributed by atoms with E-state index in [2.05, 4.69) is 0 Å². The Bertz CT molecular complexity index is 382. The monoisotopic (exact) mass is 237 g/mol. The Morgan fingerprint density at radius 1 is 1.29 bits per heavy atom. The molecule has 4 N–H and O–H groups in total. The van der Waals surface area contributed by atoms with E-state index in [0.717, 1.165) is 5.56 Å². The van der Waals surface area contributed by atoms with Gasteiger partial charge in [-0.05, 0) is 30.9 Å². The summed E-state index contributed by atoms with van der Waals surface area (Å²) in [5, 5.41) is 19.8. The predicted molar refractivity (Wildman–Crippen MR) is 69.9 cm³/mol. The highest BCUT2D eigenvalue weighted by Gasteiger charge is 2.25. The van der Waals surface area contributed by atoms with Gasteiger partial charge in [0.25, 0.3) is 0 Å². The number of hydrogen-bond acceptors (Lipinski definition) is 3. The van der Waals surface area contributed by atoms with Gasteiger partial charge in [0, 0.05) is 11.6 Å². The minimum absolute atomic E-state index is 0.0551. The summed E-state index contributed by atoms with van der Waals surface area (Å²) < 4.78 is 0. The van der Waals surface area contributed by atoms with Gasteiger partial charge in [0.2, 0.25) is 0 Å². The summed E-state index contributed by atoms with van der Waals surface area (Å²) in [6.07, 6.45) is -0.273. The first kappa shape index (κ1) is 14.0. The van der Waals surface area contributed by atoms with Crippen LogP contribution in [0, 0.1) is 12.3 Å². The van der Waals surface area contributed by atoms with Gasteiger partial charge in [0.15, 0.2) is 0 Å². The van der Waals surface area contributed by atoms with E-state index in [9.17, 15) is 10.2 Å². The highest BCUT2D eigenvalue weighted by Crippen LogP contribution is 2.31. The molecule has 0 fully saturated rings. The molecule has 0 aromatic heterocycles. The van der Waals surface area contributed by atoms with Crippen LogP contribution in [0.2, 0.25) is 0 Å². The van der Waals surface area contributed by atoms with Crippen LogP contribution in [0.25, 0.3) is 0 Å². The van der Waals surface area contributed by atoms with Crippen LogP contribution in [0.3, 0.4) is 0 Å². The summed E-state index contributed by atoms with van der Waals surface area (Å²) in [5.74, 6) is 0.129. The molecular formula is C14H23NO2. The van der Waals surface area contributed by atoms with Crippen molar-refractivity contribution in [2.75, 3.05) is 0 Å². The third-order valence-corrected chi connectivity index (χ3v) is 3.13. The summed E-state index contributed by atoms with van der Waals surface area (Å²) in [6.45, 7) is 8.06. The number of aryl methyl sites for hydroxylation is 1. The standard InChI is InChI=1S/C14H23NO2/c1-9-5-6-11(16)10(7-9)12(17)8-13(15)14(2,3)4/h5-7,12-13,16-17H,8,15H2,1-4H3/t12-,13+/m1/s1. The van der Waals surface area contributed by atoms with Crippen LogP contribution in [-0.4, -0.2) is 16.3 Å². The lowest BCUT2D eigenvalue weighted by Crippen LogP contribution is -2.36. The Labute approximate surface area is 103 Å². The first-order valence-corrected chi connectivity index (χ1v) is 5.95. The molecule has 1 aromatic carbocycles. The number of nitrogens with two attached hydrogens (primary N) is 1. The molecule has 0 saturated heterocycles. The van der Waals surface area contributed by atoms with Crippen molar-refractivity contribution in [3.63, 3.8) is 0 Å². The van der Waals surface area contributed by atoms with Crippen molar-refractivity contribution in [3.05, 3.63) is 29.3 Å². The number of benzene rings is 1. The van der Waals surface area contributed by atoms with E-state index < -0.39 is 6.10 Å². The van der Waals surface area contributed by atoms with Gasteiger partial charge in [0.05, 0.1) is 6.10 Å². The fourth-order valence-electron chi connectivity index (χ4n) is 1.66. The minimum Gasteiger partial charge on any atom is -0.508 e. The number of aliphatic hydroxyl groups is 1. The van der Waals surface area contributed by atoms with Gasteiger partial charge in [0.1, 0.15) is 5.75 Å². The molecule has 0 radical (unpaired) electrons. The zero-order valence-corrected chi connectivity index (χ0v) is 11.1. The number of phenolic OH excluding ortho intramolecular Hbond substituents is 1. The predicted octanol–water partition coefficient (Wildman–Crippen LogP) is 2.50. The Morgan fingerprint density at radius 3 is 2.41 bits per heavy atom. The van der Waals surface area contributed by atoms with Crippen LogP contribution in [0.15, 0.2) is 18.2 Å². The van der Waals surface area contributed by atoms with Crippen LogP contribution < -0.4 is 5.73 Å². The van der Waals surface area contributed by atoms with Crippen LogP contribution in [-0.2, 0) is 0 Å². The average Bonchev–Trinajstić information content (AvgIpc) is 2.20. The average molecular weight is 237 g/mol. The van der Waals surface area contributed by atoms with Crippen molar-refractivity contribution in [1.82, 2.24) is 0 Å². The summed E-state index contributed by atoms with van der Waals surface area (Å²) in [4.78, 5) is 0. The zero-order chi connectivity index (χ0) is 13.2. The highest BCUT2D eigenvalue weighted by molar-refractivity contribution is 5.37. The van der Waals surface area contributed by atoms with Gasteiger partial charge in [-0.15, -0.1) is 0 Å². The molecule has 1 rings (SSSR count). The Balaban J connectivity index is 2.83. The van der Waals surface area contributed by atoms with Crippen LogP contribution >= 0.6 is 0 Å². The number of aromatic hydroxyl groups is 1. The fraction of sp³-hybridized carbons (Fsp3) is 0.571. The second kappa shape index (κ2) is 5.07. The highest BCUT2D eigenvalue weighted by atomic mass is 16.3. The number of hydrogen-bond donors (Lipinski definition) is 3. The third-order valence-electron chi connectivity index (χ3n) is 3.13. The fourth-order valence-corrected chi connectivity index (χ4v) is 1.66. The topological polar surface area (TPSA) is 66.5 Å². The Kier molecular flexibility index (Phi) is 4.17. The van der Waals surface area contributed by atoms with Crippen molar-refractivity contribution < 1.29 is 10.2 Å². The molecule has 0 amide bonds. The molecule has 0 bridgehead atoms. The summed E-state index contributed by atoms with van der Waals surface area (Å²) in [6, 6.07) is 5.11. The van der Waals surface area contributed by atoms with Gasteiger partial charge in [-0.1, -0.05) is 32.4 Å². The molecular weight excluding hydrogens is 214 g/mol. The lowest BCUT2D eigenvalue weighted by Gasteiger charge is -2.29. The number of rotatable bonds is 3. The van der Waals surface area contributed by atoms with Crippen molar-refractivity contribution in [2.45, 2.75) is 46.3 Å². The van der Waals surface area contributed by atoms with Crippen molar-refractivity contribution in [3.8, 4) is 5.75 Å². The van der Waals surface area contributed by atoms with Gasteiger partial charge in [-0.2, -0.15) is 0 Å². The minimum atomic E-state index is -0.718. The van der Waals surface area contributed by atoms with Gasteiger partial charge >= 0.3 is 0 Å². The molecule has 0 aliphatic carbocycles. The molecule has 0 aliphatic heterocycles. The first-order valence-electron chi connectivity index (χ1n) is 5.95. The van der Waals surface area contributed by atoms with E-state index in [1.54, 1.807) is 12.1 Å². The molecule has 0 unspecified atom stereocenters. The first-order chi connectivity index (χ1) is 7.71. The molecule has 1 aromatic rings. The van der Waals surface area contributed by atoms with Gasteiger partial charge in [-0.25, -0.2) is 0 Å². The molecule has 0 aliphatic rings. The van der Waals surface area contributed by atoms with E-state index in [0.29, 0.717) is 12.0 Å². The van der Waals surface area contributed by atoms with Crippen molar-refractivity contribution >= 4 is 0 Å². The lowest BCUT2D eigenvalue weighted by atomic mass is 9.83. The molecule has 0 spiro atoms. The Hall–Kier alpha value is -1.06. The molecule has 3 nitrogen and oxygen atoms in total. The van der Waals surface area contributed by atoms with E-state index >= 15 is 0 Å². The van der Waals surface area contributed by atoms with Crippen molar-refractivity contribution in [2.24, 2.45) is 11.1 Å². The van der Waals surface area contributed by atoms with E-state index in [4.69, 9.17) is 5.73 Å². The largest absolute Gasteiger partial charge is 0.508 e. The summed E-state index contributed by atoms with van der Waals surface area (Å²) in [7, 11) is 0. The summed E-state index contributed by atoms with van der Waals surface area (Å²) in [5.41, 5.74) is 7.56. The van der Waals surface area contributed by atoms with Gasteiger partial charge in [-0.3, -0.25) is 0 Å². The second-order valence-electron chi connectivity index (χ2n) is 5.79. The quantitative estimate of drug-likeness (QED) is 0.756. The number of phenols is 1. The van der Waals surface area contributed by atoms with E-state index in [1.165, 1.54) is 0 Å². The van der Waals surface area contributed by atoms with Crippen LogP contribution in [0.1, 0.15) is 44.4 Å². The molecule has 17 heavy (non-hydrogen) atoms. The third kappa shape index (κ3) is 3.72. The molecule has 3 heteroatoms.